The predicted molar refractivity (Wildman–Crippen MR) is 79.4 cm³/mol. The molecule has 0 fully saturated rings. The number of carbonyl (C=O) groups is 1. The van der Waals surface area contributed by atoms with Crippen molar-refractivity contribution < 1.29 is 18.3 Å². The Bertz CT molecular complexity index is 403. The van der Waals surface area contributed by atoms with Crippen molar-refractivity contribution in [3.05, 3.63) is 0 Å². The Labute approximate surface area is 122 Å². The van der Waals surface area contributed by atoms with Crippen molar-refractivity contribution in [2.75, 3.05) is 39.5 Å². The summed E-state index contributed by atoms with van der Waals surface area (Å²) in [4.78, 5) is 13.2. The van der Waals surface area contributed by atoms with Gasteiger partial charge in [-0.3, -0.25) is 0 Å². The smallest absolute Gasteiger partial charge is 0.421 e. The summed E-state index contributed by atoms with van der Waals surface area (Å²) in [5.74, 6) is -0.166. The van der Waals surface area contributed by atoms with Gasteiger partial charge in [-0.2, -0.15) is 4.31 Å². The summed E-state index contributed by atoms with van der Waals surface area (Å²) < 4.78 is 24.8. The topological polar surface area (TPSA) is 90.0 Å². The lowest BCUT2D eigenvalue weighted by molar-refractivity contribution is 0.146. The first-order chi connectivity index (χ1) is 9.02. The van der Waals surface area contributed by atoms with Gasteiger partial charge in [-0.15, -0.1) is 0 Å². The van der Waals surface area contributed by atoms with Crippen molar-refractivity contribution >= 4 is 16.1 Å². The van der Waals surface area contributed by atoms with Crippen LogP contribution in [-0.2, 0) is 10.0 Å². The second-order valence-electron chi connectivity index (χ2n) is 5.79. The van der Waals surface area contributed by atoms with Crippen molar-refractivity contribution in [1.29, 1.82) is 0 Å². The summed E-state index contributed by atoms with van der Waals surface area (Å²) in [6.07, 6.45) is -1.02. The average molecular weight is 309 g/mol. The van der Waals surface area contributed by atoms with Gasteiger partial charge < -0.3 is 15.3 Å². The van der Waals surface area contributed by atoms with E-state index in [2.05, 4.69) is 5.32 Å². The molecular formula is C12H27N3O4S. The largest absolute Gasteiger partial charge is 0.464 e. The van der Waals surface area contributed by atoms with Crippen LogP contribution >= 0.6 is 0 Å². The van der Waals surface area contributed by atoms with Gasteiger partial charge in [0.25, 0.3) is 0 Å². The van der Waals surface area contributed by atoms with Crippen molar-refractivity contribution in [2.24, 2.45) is 0 Å². The summed E-state index contributed by atoms with van der Waals surface area (Å²) in [6.45, 7) is 6.95. The number of likely N-dealkylation sites (N-methyl/N-ethyl adjacent to an activating group) is 2. The zero-order chi connectivity index (χ0) is 16.0. The van der Waals surface area contributed by atoms with E-state index in [0.29, 0.717) is 17.3 Å². The Morgan fingerprint density at radius 2 is 1.80 bits per heavy atom. The normalized spacial score (nSPS) is 12.7. The highest BCUT2D eigenvalue weighted by atomic mass is 32.2. The van der Waals surface area contributed by atoms with E-state index in [1.165, 1.54) is 0 Å². The minimum absolute atomic E-state index is 0.166. The SMILES string of the molecule is CNCCN(C)CCCS(=O)(=O)N(C(=O)O)C(C)(C)C. The van der Waals surface area contributed by atoms with Gasteiger partial charge >= 0.3 is 6.09 Å². The van der Waals surface area contributed by atoms with Crippen LogP contribution in [0.15, 0.2) is 0 Å². The molecule has 0 aromatic rings. The zero-order valence-electron chi connectivity index (χ0n) is 13.0. The summed E-state index contributed by atoms with van der Waals surface area (Å²) in [5.41, 5.74) is -0.970. The molecule has 0 heterocycles. The third-order valence-corrected chi connectivity index (χ3v) is 4.81. The molecule has 0 radical (unpaired) electrons. The van der Waals surface area contributed by atoms with E-state index in [9.17, 15) is 13.2 Å². The molecule has 0 aliphatic heterocycles. The number of sulfonamides is 1. The summed E-state index contributed by atoms with van der Waals surface area (Å²) in [5, 5.41) is 12.1. The quantitative estimate of drug-likeness (QED) is 0.684. The molecule has 0 aliphatic rings. The van der Waals surface area contributed by atoms with Crippen molar-refractivity contribution in [3.63, 3.8) is 0 Å². The van der Waals surface area contributed by atoms with E-state index < -0.39 is 21.7 Å². The lowest BCUT2D eigenvalue weighted by Gasteiger charge is -2.32. The van der Waals surface area contributed by atoms with Crippen molar-refractivity contribution in [1.82, 2.24) is 14.5 Å². The molecule has 0 atom stereocenters. The first-order valence-electron chi connectivity index (χ1n) is 6.61. The van der Waals surface area contributed by atoms with Crippen LogP contribution < -0.4 is 5.32 Å². The van der Waals surface area contributed by atoms with Gasteiger partial charge in [0.2, 0.25) is 10.0 Å². The molecule has 20 heavy (non-hydrogen) atoms. The molecule has 120 valence electrons. The van der Waals surface area contributed by atoms with Crippen LogP contribution in [0, 0.1) is 0 Å². The number of nitrogens with zero attached hydrogens (tertiary/aromatic N) is 2. The Morgan fingerprint density at radius 3 is 2.20 bits per heavy atom. The number of amides is 1. The minimum Gasteiger partial charge on any atom is -0.464 e. The van der Waals surface area contributed by atoms with Crippen LogP contribution in [0.1, 0.15) is 27.2 Å². The van der Waals surface area contributed by atoms with E-state index in [4.69, 9.17) is 5.11 Å². The fourth-order valence-electron chi connectivity index (χ4n) is 1.85. The van der Waals surface area contributed by atoms with Crippen LogP contribution in [0.25, 0.3) is 0 Å². The summed E-state index contributed by atoms with van der Waals surface area (Å²) >= 11 is 0. The highest BCUT2D eigenvalue weighted by molar-refractivity contribution is 7.89. The molecule has 0 rings (SSSR count). The van der Waals surface area contributed by atoms with Crippen LogP contribution in [0.5, 0.6) is 0 Å². The molecule has 7 nitrogen and oxygen atoms in total. The zero-order valence-corrected chi connectivity index (χ0v) is 13.8. The number of hydrogen-bond acceptors (Lipinski definition) is 5. The minimum atomic E-state index is -3.80. The molecule has 0 saturated carbocycles. The Balaban J connectivity index is 4.55. The molecule has 0 bridgehead atoms. The van der Waals surface area contributed by atoms with Crippen LogP contribution in [-0.4, -0.2) is 73.8 Å². The summed E-state index contributed by atoms with van der Waals surface area (Å²) in [6, 6.07) is 0. The van der Waals surface area contributed by atoms with Crippen LogP contribution in [0.4, 0.5) is 4.79 Å². The van der Waals surface area contributed by atoms with E-state index in [1.54, 1.807) is 20.8 Å². The van der Waals surface area contributed by atoms with Gasteiger partial charge in [0, 0.05) is 13.1 Å². The molecule has 0 aliphatic carbocycles. The van der Waals surface area contributed by atoms with Crippen molar-refractivity contribution in [2.45, 2.75) is 32.7 Å². The van der Waals surface area contributed by atoms with Gasteiger partial charge in [-0.25, -0.2) is 13.2 Å². The van der Waals surface area contributed by atoms with E-state index in [0.717, 1.165) is 13.1 Å². The Morgan fingerprint density at radius 1 is 1.25 bits per heavy atom. The maximum atomic E-state index is 12.1. The number of nitrogens with one attached hydrogen (secondary N) is 1. The van der Waals surface area contributed by atoms with Crippen LogP contribution in [0.2, 0.25) is 0 Å². The molecule has 2 N–H and O–H groups in total. The average Bonchev–Trinajstić information content (AvgIpc) is 2.22. The monoisotopic (exact) mass is 309 g/mol. The predicted octanol–water partition coefficient (Wildman–Crippen LogP) is 0.636. The van der Waals surface area contributed by atoms with E-state index in [-0.39, 0.29) is 5.75 Å². The third kappa shape index (κ3) is 6.53. The Kier molecular flexibility index (Phi) is 7.46. The fraction of sp³-hybridized carbons (Fsp3) is 0.917. The third-order valence-electron chi connectivity index (χ3n) is 2.75. The first kappa shape index (κ1) is 19.1. The van der Waals surface area contributed by atoms with Gasteiger partial charge in [-0.1, -0.05) is 0 Å². The number of carboxylic acid groups (broad SMARTS) is 1. The molecule has 8 heteroatoms. The maximum absolute atomic E-state index is 12.1. The molecule has 0 aromatic heterocycles. The standard InChI is InChI=1S/C12H27N3O4S/c1-12(2,3)15(11(16)17)20(18,19)10-6-8-14(5)9-7-13-4/h13H,6-10H2,1-5H3,(H,16,17). The Hall–Kier alpha value is -0.860. The van der Waals surface area contributed by atoms with Crippen LogP contribution in [0.3, 0.4) is 0 Å². The maximum Gasteiger partial charge on any atom is 0.421 e. The highest BCUT2D eigenvalue weighted by Gasteiger charge is 2.36. The first-order valence-corrected chi connectivity index (χ1v) is 8.22. The number of rotatable bonds is 8. The molecule has 0 aromatic carbocycles. The molecule has 0 saturated heterocycles. The number of hydrogen-bond donors (Lipinski definition) is 2. The van der Waals surface area contributed by atoms with Gasteiger partial charge in [-0.05, 0) is 47.8 Å². The van der Waals surface area contributed by atoms with Gasteiger partial charge in [0.15, 0.2) is 0 Å². The second kappa shape index (κ2) is 7.80. The molecule has 0 unspecified atom stereocenters. The summed E-state index contributed by atoms with van der Waals surface area (Å²) in [7, 11) is -0.0450. The van der Waals surface area contributed by atoms with Crippen molar-refractivity contribution in [3.8, 4) is 0 Å². The van der Waals surface area contributed by atoms with Gasteiger partial charge in [0.1, 0.15) is 0 Å². The molecular weight excluding hydrogens is 282 g/mol. The lowest BCUT2D eigenvalue weighted by Crippen LogP contribution is -2.49. The van der Waals surface area contributed by atoms with Gasteiger partial charge in [0.05, 0.1) is 11.3 Å². The van der Waals surface area contributed by atoms with E-state index in [1.807, 2.05) is 19.0 Å². The second-order valence-corrected chi connectivity index (χ2v) is 7.73. The molecule has 1 amide bonds. The van der Waals surface area contributed by atoms with E-state index >= 15 is 0 Å². The highest BCUT2D eigenvalue weighted by Crippen LogP contribution is 2.19. The molecule has 0 spiro atoms. The fourth-order valence-corrected chi connectivity index (χ4v) is 3.59. The lowest BCUT2D eigenvalue weighted by atomic mass is 10.1.